The predicted octanol–water partition coefficient (Wildman–Crippen LogP) is 4.59. The van der Waals surface area contributed by atoms with E-state index < -0.39 is 23.8 Å². The number of fused-ring (bicyclic) bond motifs is 1. The fourth-order valence-electron chi connectivity index (χ4n) is 7.58. The van der Waals surface area contributed by atoms with Crippen LogP contribution in [0, 0.1) is 45.8 Å². The molecule has 1 fully saturated rings. The zero-order chi connectivity index (χ0) is 35.9. The van der Waals surface area contributed by atoms with Crippen LogP contribution >= 0.6 is 0 Å². The van der Waals surface area contributed by atoms with Crippen molar-refractivity contribution in [3.63, 3.8) is 0 Å². The van der Waals surface area contributed by atoms with Crippen molar-refractivity contribution in [1.82, 2.24) is 18.9 Å². The van der Waals surface area contributed by atoms with E-state index in [1.165, 1.54) is 10.5 Å². The molecule has 0 spiro atoms. The Labute approximate surface area is 297 Å². The highest BCUT2D eigenvalue weighted by Crippen LogP contribution is 2.37. The van der Waals surface area contributed by atoms with Gasteiger partial charge in [0.2, 0.25) is 17.7 Å². The number of carbonyl (C=O) groups excluding carboxylic acids is 3. The molecule has 0 saturated carbocycles. The normalized spacial score (nSPS) is 16.5. The SMILES string of the molecule is N#Cc1ccc2c(c1)C(C(N)=O)N(C(=O)C(CCn1cccc1C#N)[C](CCn1cccc1C#N)C(=O)N1CCC(c3ccccc3)CC1)CC2. The molecule has 11 nitrogen and oxygen atoms in total. The third-order valence-corrected chi connectivity index (χ3v) is 10.3. The average Bonchev–Trinajstić information content (AvgIpc) is 3.84. The highest BCUT2D eigenvalue weighted by Gasteiger charge is 2.43. The first kappa shape index (κ1) is 34.7. The number of likely N-dealkylation sites (tertiary alicyclic amines) is 1. The van der Waals surface area contributed by atoms with Gasteiger partial charge in [-0.1, -0.05) is 36.4 Å². The number of aryl methyl sites for hydroxylation is 2. The monoisotopic (exact) mass is 679 g/mol. The minimum Gasteiger partial charge on any atom is -0.368 e. The molecule has 1 saturated heterocycles. The molecule has 0 aliphatic carbocycles. The summed E-state index contributed by atoms with van der Waals surface area (Å²) < 4.78 is 3.52. The van der Waals surface area contributed by atoms with Crippen molar-refractivity contribution in [2.75, 3.05) is 19.6 Å². The van der Waals surface area contributed by atoms with Crippen LogP contribution in [0.4, 0.5) is 0 Å². The number of carbonyl (C=O) groups is 3. The Kier molecular flexibility index (Phi) is 10.6. The molecular weight excluding hydrogens is 640 g/mol. The molecule has 2 aromatic carbocycles. The van der Waals surface area contributed by atoms with Crippen LogP contribution in [0.25, 0.3) is 0 Å². The van der Waals surface area contributed by atoms with Crippen LogP contribution in [0.1, 0.15) is 71.3 Å². The first-order valence-electron chi connectivity index (χ1n) is 17.3. The lowest BCUT2D eigenvalue weighted by molar-refractivity contribution is -0.145. The number of piperidine rings is 1. The molecule has 2 aliphatic heterocycles. The Bertz CT molecular complexity index is 2020. The van der Waals surface area contributed by atoms with Crippen molar-refractivity contribution in [2.45, 2.75) is 57.2 Å². The van der Waals surface area contributed by atoms with Gasteiger partial charge in [-0.15, -0.1) is 0 Å². The highest BCUT2D eigenvalue weighted by atomic mass is 16.2. The molecule has 4 aromatic rings. The van der Waals surface area contributed by atoms with E-state index in [0.29, 0.717) is 60.4 Å². The van der Waals surface area contributed by atoms with E-state index in [0.717, 1.165) is 18.4 Å². The van der Waals surface area contributed by atoms with E-state index in [-0.39, 0.29) is 31.8 Å². The van der Waals surface area contributed by atoms with E-state index in [1.807, 2.05) is 23.1 Å². The van der Waals surface area contributed by atoms with Crippen molar-refractivity contribution in [2.24, 2.45) is 11.7 Å². The van der Waals surface area contributed by atoms with Gasteiger partial charge in [-0.05, 0) is 91.1 Å². The standard InChI is InChI=1S/C40H39N8O3/c41-25-28-10-11-31-14-23-48(37(38(44)49)36(31)24-28)40(51)35(16-22-46-18-5-9-33(46)27-43)34(15-21-45-17-4-8-32(45)26-42)39(50)47-19-12-30(13-20-47)29-6-2-1-3-7-29/h1-11,17-18,24,30,35,37H,12-16,19-23H2,(H2,44,49). The smallest absolute Gasteiger partial charge is 0.244 e. The maximum absolute atomic E-state index is 15.0. The first-order chi connectivity index (χ1) is 24.8. The van der Waals surface area contributed by atoms with Crippen LogP contribution in [0.3, 0.4) is 0 Å². The van der Waals surface area contributed by atoms with Gasteiger partial charge in [-0.3, -0.25) is 14.4 Å². The van der Waals surface area contributed by atoms with Crippen LogP contribution < -0.4 is 5.73 Å². The molecule has 257 valence electrons. The molecule has 1 radical (unpaired) electrons. The van der Waals surface area contributed by atoms with Crippen molar-refractivity contribution in [1.29, 1.82) is 15.8 Å². The molecular formula is C40H39N8O3. The van der Waals surface area contributed by atoms with Crippen LogP contribution in [-0.4, -0.2) is 56.3 Å². The molecule has 11 heteroatoms. The first-order valence-corrected chi connectivity index (χ1v) is 17.3. The number of hydrogen-bond acceptors (Lipinski definition) is 6. The Hall–Kier alpha value is -6.12. The Morgan fingerprint density at radius 3 is 2.10 bits per heavy atom. The summed E-state index contributed by atoms with van der Waals surface area (Å²) in [5, 5.41) is 29.0. The van der Waals surface area contributed by atoms with Gasteiger partial charge in [0.1, 0.15) is 29.6 Å². The Morgan fingerprint density at radius 2 is 1.47 bits per heavy atom. The Morgan fingerprint density at radius 1 is 0.804 bits per heavy atom. The molecule has 2 unspecified atom stereocenters. The number of nitriles is 3. The van der Waals surface area contributed by atoms with Crippen molar-refractivity contribution < 1.29 is 14.4 Å². The number of nitrogens with zero attached hydrogens (tertiary/aromatic N) is 7. The number of amides is 3. The van der Waals surface area contributed by atoms with Gasteiger partial charge in [0, 0.05) is 45.1 Å². The largest absolute Gasteiger partial charge is 0.368 e. The fourth-order valence-corrected chi connectivity index (χ4v) is 7.58. The summed E-state index contributed by atoms with van der Waals surface area (Å²) in [4.78, 5) is 46.1. The minimum absolute atomic E-state index is 0.188. The number of rotatable bonds is 11. The lowest BCUT2D eigenvalue weighted by Crippen LogP contribution is -2.51. The summed E-state index contributed by atoms with van der Waals surface area (Å²) >= 11 is 0. The minimum atomic E-state index is -1.12. The summed E-state index contributed by atoms with van der Waals surface area (Å²) in [6, 6.07) is 27.6. The third-order valence-electron chi connectivity index (χ3n) is 10.3. The fraction of sp³-hybridized carbons (Fsp3) is 0.325. The highest BCUT2D eigenvalue weighted by molar-refractivity contribution is 5.98. The van der Waals surface area contributed by atoms with Crippen LogP contribution in [0.2, 0.25) is 0 Å². The van der Waals surface area contributed by atoms with E-state index in [4.69, 9.17) is 5.73 Å². The van der Waals surface area contributed by atoms with E-state index in [9.17, 15) is 30.2 Å². The summed E-state index contributed by atoms with van der Waals surface area (Å²) in [5.41, 5.74) is 9.79. The summed E-state index contributed by atoms with van der Waals surface area (Å²) in [7, 11) is 0. The van der Waals surface area contributed by atoms with Crippen LogP contribution in [0.5, 0.6) is 0 Å². The lowest BCUT2D eigenvalue weighted by Gasteiger charge is -2.40. The van der Waals surface area contributed by atoms with Gasteiger partial charge >= 0.3 is 0 Å². The van der Waals surface area contributed by atoms with E-state index in [2.05, 4.69) is 30.3 Å². The number of aromatic nitrogens is 2. The maximum Gasteiger partial charge on any atom is 0.244 e. The molecule has 0 bridgehead atoms. The summed E-state index contributed by atoms with van der Waals surface area (Å²) in [6.45, 7) is 1.81. The molecule has 51 heavy (non-hydrogen) atoms. The second-order valence-electron chi connectivity index (χ2n) is 13.1. The number of nitrogens with two attached hydrogens (primary N) is 1. The number of primary amides is 1. The zero-order valence-electron chi connectivity index (χ0n) is 28.3. The maximum atomic E-state index is 15.0. The predicted molar refractivity (Wildman–Crippen MR) is 188 cm³/mol. The van der Waals surface area contributed by atoms with Gasteiger partial charge in [-0.25, -0.2) is 0 Å². The second-order valence-corrected chi connectivity index (χ2v) is 13.1. The topological polar surface area (TPSA) is 165 Å². The summed E-state index contributed by atoms with van der Waals surface area (Å²) in [6.07, 6.45) is 5.93. The van der Waals surface area contributed by atoms with Gasteiger partial charge in [0.25, 0.3) is 0 Å². The van der Waals surface area contributed by atoms with E-state index in [1.54, 1.807) is 64.0 Å². The average molecular weight is 680 g/mol. The second kappa shape index (κ2) is 15.6. The number of hydrogen-bond donors (Lipinski definition) is 1. The zero-order valence-corrected chi connectivity index (χ0v) is 28.3. The van der Waals surface area contributed by atoms with Gasteiger partial charge in [0.05, 0.1) is 23.5 Å². The summed E-state index contributed by atoms with van der Waals surface area (Å²) in [5.74, 6) is -1.61. The molecule has 2 N–H and O–H groups in total. The van der Waals surface area contributed by atoms with Gasteiger partial charge < -0.3 is 24.7 Å². The quantitative estimate of drug-likeness (QED) is 0.244. The van der Waals surface area contributed by atoms with Crippen LogP contribution in [-0.2, 0) is 33.9 Å². The lowest BCUT2D eigenvalue weighted by atomic mass is 9.81. The van der Waals surface area contributed by atoms with Crippen molar-refractivity contribution >= 4 is 17.7 Å². The van der Waals surface area contributed by atoms with E-state index >= 15 is 0 Å². The molecule has 4 heterocycles. The molecule has 2 aromatic heterocycles. The van der Waals surface area contributed by atoms with Gasteiger partial charge in [-0.2, -0.15) is 15.8 Å². The third kappa shape index (κ3) is 7.41. The number of benzene rings is 2. The molecule has 6 rings (SSSR count). The van der Waals surface area contributed by atoms with Crippen molar-refractivity contribution in [3.8, 4) is 18.2 Å². The molecule has 3 amide bonds. The van der Waals surface area contributed by atoms with Crippen LogP contribution in [0.15, 0.2) is 85.2 Å². The van der Waals surface area contributed by atoms with Crippen molar-refractivity contribution in [3.05, 3.63) is 125 Å². The Balaban J connectivity index is 1.35. The molecule has 2 aliphatic rings. The molecule has 2 atom stereocenters. The van der Waals surface area contributed by atoms with Gasteiger partial charge in [0.15, 0.2) is 0 Å².